The van der Waals surface area contributed by atoms with Gasteiger partial charge in [-0.25, -0.2) is 0 Å². The fourth-order valence-corrected chi connectivity index (χ4v) is 3.55. The summed E-state index contributed by atoms with van der Waals surface area (Å²) in [6.45, 7) is 4.56. The molecule has 0 heterocycles. The summed E-state index contributed by atoms with van der Waals surface area (Å²) in [6.07, 6.45) is 2.77. The Labute approximate surface area is 132 Å². The van der Waals surface area contributed by atoms with Crippen molar-refractivity contribution in [1.29, 1.82) is 0 Å². The maximum Gasteiger partial charge on any atom is 0.179 e. The highest BCUT2D eigenvalue weighted by Gasteiger charge is 2.30. The predicted molar refractivity (Wildman–Crippen MR) is 85.2 cm³/mol. The standard InChI is InChI=1S/C17H25ClO3/c1-10-5-6-12(7-11(10)2)16(19)13-8-14(18)17(21-4)15(9-13)20-3/h8-12,16,19H,5-7H2,1-4H3. The number of ether oxygens (including phenoxy) is 2. The first-order chi connectivity index (χ1) is 9.97. The molecule has 1 aromatic rings. The van der Waals surface area contributed by atoms with Gasteiger partial charge in [0.2, 0.25) is 0 Å². The maximum atomic E-state index is 10.7. The van der Waals surface area contributed by atoms with Crippen LogP contribution in [0.15, 0.2) is 12.1 Å². The van der Waals surface area contributed by atoms with Crippen molar-refractivity contribution in [3.63, 3.8) is 0 Å². The SMILES string of the molecule is COc1cc(C(O)C2CCC(C)C(C)C2)cc(Cl)c1OC. The fourth-order valence-electron chi connectivity index (χ4n) is 3.26. The normalized spacial score (nSPS) is 27.2. The van der Waals surface area contributed by atoms with Crippen LogP contribution in [0, 0.1) is 17.8 Å². The Bertz CT molecular complexity index is 489. The van der Waals surface area contributed by atoms with E-state index in [1.54, 1.807) is 20.3 Å². The third-order valence-corrected chi connectivity index (χ3v) is 5.16. The molecule has 2 rings (SSSR count). The lowest BCUT2D eigenvalue weighted by Crippen LogP contribution is -2.25. The molecule has 0 saturated heterocycles. The van der Waals surface area contributed by atoms with Crippen LogP contribution in [-0.4, -0.2) is 19.3 Å². The van der Waals surface area contributed by atoms with Crippen molar-refractivity contribution in [3.8, 4) is 11.5 Å². The molecule has 4 atom stereocenters. The summed E-state index contributed by atoms with van der Waals surface area (Å²) >= 11 is 6.23. The van der Waals surface area contributed by atoms with E-state index < -0.39 is 6.10 Å². The van der Waals surface area contributed by atoms with E-state index >= 15 is 0 Å². The second kappa shape index (κ2) is 6.89. The molecule has 0 aromatic heterocycles. The summed E-state index contributed by atoms with van der Waals surface area (Å²) < 4.78 is 10.6. The zero-order valence-electron chi connectivity index (χ0n) is 13.2. The second-order valence-electron chi connectivity index (χ2n) is 6.21. The molecule has 1 aliphatic rings. The van der Waals surface area contributed by atoms with Gasteiger partial charge in [-0.2, -0.15) is 0 Å². The van der Waals surface area contributed by atoms with E-state index in [-0.39, 0.29) is 5.92 Å². The van der Waals surface area contributed by atoms with Gasteiger partial charge < -0.3 is 14.6 Å². The minimum atomic E-state index is -0.503. The Morgan fingerprint density at radius 3 is 2.43 bits per heavy atom. The van der Waals surface area contributed by atoms with Crippen molar-refractivity contribution in [2.45, 2.75) is 39.2 Å². The van der Waals surface area contributed by atoms with E-state index in [9.17, 15) is 5.11 Å². The van der Waals surface area contributed by atoms with E-state index in [2.05, 4.69) is 13.8 Å². The molecule has 3 nitrogen and oxygen atoms in total. The van der Waals surface area contributed by atoms with Crippen LogP contribution in [0.3, 0.4) is 0 Å². The van der Waals surface area contributed by atoms with Gasteiger partial charge in [0.05, 0.1) is 25.3 Å². The van der Waals surface area contributed by atoms with Gasteiger partial charge in [0.1, 0.15) is 0 Å². The van der Waals surface area contributed by atoms with E-state index in [4.69, 9.17) is 21.1 Å². The molecule has 118 valence electrons. The number of aliphatic hydroxyl groups excluding tert-OH is 1. The van der Waals surface area contributed by atoms with E-state index in [0.29, 0.717) is 22.4 Å². The zero-order chi connectivity index (χ0) is 15.6. The van der Waals surface area contributed by atoms with Crippen LogP contribution in [0.5, 0.6) is 11.5 Å². The summed E-state index contributed by atoms with van der Waals surface area (Å²) in [4.78, 5) is 0. The number of methoxy groups -OCH3 is 2. The molecule has 0 aliphatic heterocycles. The highest BCUT2D eigenvalue weighted by Crippen LogP contribution is 2.43. The molecule has 0 radical (unpaired) electrons. The number of hydrogen-bond donors (Lipinski definition) is 1. The quantitative estimate of drug-likeness (QED) is 0.892. The zero-order valence-corrected chi connectivity index (χ0v) is 14.0. The number of rotatable bonds is 4. The van der Waals surface area contributed by atoms with E-state index in [1.807, 2.05) is 6.07 Å². The van der Waals surface area contributed by atoms with Crippen molar-refractivity contribution in [2.75, 3.05) is 14.2 Å². The summed E-state index contributed by atoms with van der Waals surface area (Å²) in [5.41, 5.74) is 0.810. The molecule has 1 aliphatic carbocycles. The molecule has 4 heteroatoms. The molecular weight excluding hydrogens is 288 g/mol. The van der Waals surface area contributed by atoms with Gasteiger partial charge in [-0.1, -0.05) is 31.9 Å². The smallest absolute Gasteiger partial charge is 0.179 e. The summed E-state index contributed by atoms with van der Waals surface area (Å²) in [5, 5.41) is 11.2. The molecule has 4 unspecified atom stereocenters. The molecule has 1 aromatic carbocycles. The number of hydrogen-bond acceptors (Lipinski definition) is 3. The molecule has 1 saturated carbocycles. The average molecular weight is 313 g/mol. The van der Waals surface area contributed by atoms with E-state index in [1.165, 1.54) is 6.42 Å². The topological polar surface area (TPSA) is 38.7 Å². The minimum absolute atomic E-state index is 0.283. The average Bonchev–Trinajstić information content (AvgIpc) is 2.48. The Balaban J connectivity index is 2.23. The molecule has 0 amide bonds. The van der Waals surface area contributed by atoms with Crippen LogP contribution < -0.4 is 9.47 Å². The number of halogens is 1. The van der Waals surface area contributed by atoms with Gasteiger partial charge >= 0.3 is 0 Å². The van der Waals surface area contributed by atoms with Gasteiger partial charge in [-0.3, -0.25) is 0 Å². The van der Waals surface area contributed by atoms with Crippen molar-refractivity contribution in [2.24, 2.45) is 17.8 Å². The predicted octanol–water partition coefficient (Wildman–Crippen LogP) is 4.46. The first-order valence-corrected chi connectivity index (χ1v) is 7.95. The van der Waals surface area contributed by atoms with Crippen molar-refractivity contribution in [1.82, 2.24) is 0 Å². The Morgan fingerprint density at radius 2 is 1.86 bits per heavy atom. The first kappa shape index (κ1) is 16.4. The highest BCUT2D eigenvalue weighted by atomic mass is 35.5. The summed E-state index contributed by atoms with van der Waals surface area (Å²) in [5.74, 6) is 2.75. The fraction of sp³-hybridized carbons (Fsp3) is 0.647. The Kier molecular flexibility index (Phi) is 5.39. The lowest BCUT2D eigenvalue weighted by Gasteiger charge is -2.35. The van der Waals surface area contributed by atoms with Crippen LogP contribution in [0.25, 0.3) is 0 Å². The van der Waals surface area contributed by atoms with Gasteiger partial charge in [-0.05, 0) is 48.3 Å². The molecule has 1 fully saturated rings. The molecular formula is C17H25ClO3. The molecule has 1 N–H and O–H groups in total. The summed E-state index contributed by atoms with van der Waals surface area (Å²) in [7, 11) is 3.14. The van der Waals surface area contributed by atoms with Crippen LogP contribution >= 0.6 is 11.6 Å². The van der Waals surface area contributed by atoms with Gasteiger partial charge in [0, 0.05) is 0 Å². The van der Waals surface area contributed by atoms with Crippen molar-refractivity contribution < 1.29 is 14.6 Å². The first-order valence-electron chi connectivity index (χ1n) is 7.57. The molecule has 21 heavy (non-hydrogen) atoms. The van der Waals surface area contributed by atoms with Crippen LogP contribution in [0.4, 0.5) is 0 Å². The van der Waals surface area contributed by atoms with Crippen LogP contribution in [0.1, 0.15) is 44.8 Å². The van der Waals surface area contributed by atoms with Crippen molar-refractivity contribution >= 4 is 11.6 Å². The Morgan fingerprint density at radius 1 is 1.14 bits per heavy atom. The Hall–Kier alpha value is -0.930. The molecule has 0 spiro atoms. The largest absolute Gasteiger partial charge is 0.493 e. The minimum Gasteiger partial charge on any atom is -0.493 e. The third kappa shape index (κ3) is 3.46. The lowest BCUT2D eigenvalue weighted by molar-refractivity contribution is 0.0559. The van der Waals surface area contributed by atoms with Crippen molar-refractivity contribution in [3.05, 3.63) is 22.7 Å². The van der Waals surface area contributed by atoms with Gasteiger partial charge in [-0.15, -0.1) is 0 Å². The van der Waals surface area contributed by atoms with E-state index in [0.717, 1.165) is 24.3 Å². The third-order valence-electron chi connectivity index (χ3n) is 4.88. The number of benzene rings is 1. The van der Waals surface area contributed by atoms with Gasteiger partial charge in [0.25, 0.3) is 0 Å². The van der Waals surface area contributed by atoms with Crippen LogP contribution in [-0.2, 0) is 0 Å². The lowest BCUT2D eigenvalue weighted by atomic mass is 9.73. The monoisotopic (exact) mass is 312 g/mol. The maximum absolute atomic E-state index is 10.7. The van der Waals surface area contributed by atoms with Crippen LogP contribution in [0.2, 0.25) is 5.02 Å². The van der Waals surface area contributed by atoms with Gasteiger partial charge in [0.15, 0.2) is 11.5 Å². The second-order valence-corrected chi connectivity index (χ2v) is 6.62. The summed E-state index contributed by atoms with van der Waals surface area (Å²) in [6, 6.07) is 3.62. The molecule has 0 bridgehead atoms. The highest BCUT2D eigenvalue weighted by molar-refractivity contribution is 6.32. The number of aliphatic hydroxyl groups is 1.